The van der Waals surface area contributed by atoms with Gasteiger partial charge < -0.3 is 5.32 Å². The van der Waals surface area contributed by atoms with Crippen molar-refractivity contribution in [1.29, 1.82) is 5.26 Å². The first-order valence-electron chi connectivity index (χ1n) is 6.17. The number of rotatable bonds is 3. The van der Waals surface area contributed by atoms with Gasteiger partial charge in [0.05, 0.1) is 15.6 Å². The highest BCUT2D eigenvalue weighted by Crippen LogP contribution is 2.38. The van der Waals surface area contributed by atoms with Crippen LogP contribution >= 0.6 is 23.2 Å². The number of carbonyl (C=O) groups is 1. The molecule has 0 atom stereocenters. The minimum atomic E-state index is -4.63. The minimum Gasteiger partial charge on any atom is -0.307 e. The van der Waals surface area contributed by atoms with E-state index in [4.69, 9.17) is 28.5 Å². The van der Waals surface area contributed by atoms with E-state index in [1.807, 2.05) is 0 Å². The number of aromatic nitrogens is 2. The van der Waals surface area contributed by atoms with E-state index in [9.17, 15) is 18.0 Å². The molecule has 0 fully saturated rings. The fourth-order valence-corrected chi connectivity index (χ4v) is 2.45. The van der Waals surface area contributed by atoms with Crippen LogP contribution in [0.4, 0.5) is 19.0 Å². The van der Waals surface area contributed by atoms with E-state index in [1.54, 1.807) is 6.07 Å². The third-order valence-corrected chi connectivity index (χ3v) is 3.39. The van der Waals surface area contributed by atoms with Gasteiger partial charge in [-0.05, 0) is 18.2 Å². The van der Waals surface area contributed by atoms with Crippen molar-refractivity contribution in [2.45, 2.75) is 6.18 Å². The summed E-state index contributed by atoms with van der Waals surface area (Å²) in [4.78, 5) is 11.4. The molecule has 0 saturated carbocycles. The van der Waals surface area contributed by atoms with Crippen LogP contribution in [0.1, 0.15) is 11.3 Å². The lowest BCUT2D eigenvalue weighted by atomic mass is 10.2. The number of benzene rings is 1. The van der Waals surface area contributed by atoms with E-state index in [0.29, 0.717) is 12.1 Å². The number of hydrogen-bond donors (Lipinski definition) is 1. The molecule has 2 rings (SSSR count). The smallest absolute Gasteiger partial charge is 0.307 e. The minimum absolute atomic E-state index is 0.00000803. The van der Waals surface area contributed by atoms with Crippen molar-refractivity contribution in [2.75, 3.05) is 5.32 Å². The van der Waals surface area contributed by atoms with Crippen LogP contribution in [-0.4, -0.2) is 15.7 Å². The summed E-state index contributed by atoms with van der Waals surface area (Å²) >= 11 is 11.8. The third kappa shape index (κ3) is 3.53. The van der Waals surface area contributed by atoms with Crippen LogP contribution in [0.3, 0.4) is 0 Å². The summed E-state index contributed by atoms with van der Waals surface area (Å²) in [5.74, 6) is -0.611. The molecule has 24 heavy (non-hydrogen) atoms. The normalized spacial score (nSPS) is 11.0. The molecule has 0 saturated heterocycles. The van der Waals surface area contributed by atoms with Gasteiger partial charge in [0.25, 0.3) is 0 Å². The third-order valence-electron chi connectivity index (χ3n) is 2.82. The van der Waals surface area contributed by atoms with E-state index in [-0.39, 0.29) is 27.2 Å². The quantitative estimate of drug-likeness (QED) is 0.818. The van der Waals surface area contributed by atoms with Crippen LogP contribution in [0.25, 0.3) is 5.69 Å². The Balaban J connectivity index is 2.64. The predicted molar refractivity (Wildman–Crippen MR) is 82.1 cm³/mol. The number of hydrogen-bond acceptors (Lipinski definition) is 3. The van der Waals surface area contributed by atoms with Crippen molar-refractivity contribution in [3.8, 4) is 11.8 Å². The fraction of sp³-hybridized carbons (Fsp3) is 0.0714. The molecule has 0 aliphatic rings. The Labute approximate surface area is 143 Å². The average molecular weight is 375 g/mol. The molecule has 0 aliphatic carbocycles. The Bertz CT molecular complexity index is 845. The number of amides is 1. The number of nitriles is 1. The Hall–Kier alpha value is -2.50. The molecule has 0 radical (unpaired) electrons. The molecular weight excluding hydrogens is 368 g/mol. The predicted octanol–water partition coefficient (Wildman–Crippen LogP) is 4.19. The van der Waals surface area contributed by atoms with Crippen LogP contribution in [0.2, 0.25) is 10.0 Å². The SMILES string of the molecule is C=CC(=O)Nc1cc(C#N)nn1-c1c(Cl)cc(C(F)(F)F)cc1Cl. The maximum atomic E-state index is 12.8. The van der Waals surface area contributed by atoms with Gasteiger partial charge in [0.1, 0.15) is 17.6 Å². The van der Waals surface area contributed by atoms with Crippen LogP contribution in [0, 0.1) is 11.3 Å². The van der Waals surface area contributed by atoms with Gasteiger partial charge >= 0.3 is 6.18 Å². The van der Waals surface area contributed by atoms with Gasteiger partial charge in [-0.3, -0.25) is 4.79 Å². The zero-order chi connectivity index (χ0) is 18.1. The van der Waals surface area contributed by atoms with E-state index < -0.39 is 17.6 Å². The van der Waals surface area contributed by atoms with Gasteiger partial charge in [0.2, 0.25) is 5.91 Å². The lowest BCUT2D eigenvalue weighted by Gasteiger charge is -2.14. The lowest BCUT2D eigenvalue weighted by molar-refractivity contribution is -0.137. The van der Waals surface area contributed by atoms with Crippen LogP contribution < -0.4 is 5.32 Å². The van der Waals surface area contributed by atoms with Crippen molar-refractivity contribution >= 4 is 34.9 Å². The van der Waals surface area contributed by atoms with Gasteiger partial charge in [0, 0.05) is 6.07 Å². The summed E-state index contributed by atoms with van der Waals surface area (Å²) in [5, 5.41) is 14.5. The summed E-state index contributed by atoms with van der Waals surface area (Å²) in [6.07, 6.45) is -3.66. The second kappa shape index (κ2) is 6.55. The molecule has 0 spiro atoms. The number of alkyl halides is 3. The number of nitrogens with one attached hydrogen (secondary N) is 1. The Kier molecular flexibility index (Phi) is 4.87. The Morgan fingerprint density at radius 3 is 2.38 bits per heavy atom. The second-order valence-electron chi connectivity index (χ2n) is 4.42. The summed E-state index contributed by atoms with van der Waals surface area (Å²) in [6, 6.07) is 4.31. The first kappa shape index (κ1) is 17.8. The summed E-state index contributed by atoms with van der Waals surface area (Å²) in [5.41, 5.74) is -1.24. The molecule has 0 bridgehead atoms. The zero-order valence-electron chi connectivity index (χ0n) is 11.7. The number of carbonyl (C=O) groups excluding carboxylic acids is 1. The van der Waals surface area contributed by atoms with Crippen molar-refractivity contribution < 1.29 is 18.0 Å². The number of halogens is 5. The molecule has 5 nitrogen and oxygen atoms in total. The maximum absolute atomic E-state index is 12.8. The topological polar surface area (TPSA) is 70.7 Å². The summed E-state index contributed by atoms with van der Waals surface area (Å²) in [7, 11) is 0. The molecule has 1 aromatic carbocycles. The van der Waals surface area contributed by atoms with Gasteiger partial charge in [-0.1, -0.05) is 29.8 Å². The van der Waals surface area contributed by atoms with Crippen molar-refractivity contribution in [1.82, 2.24) is 9.78 Å². The average Bonchev–Trinajstić information content (AvgIpc) is 2.88. The Morgan fingerprint density at radius 1 is 1.33 bits per heavy atom. The van der Waals surface area contributed by atoms with E-state index in [1.165, 1.54) is 6.07 Å². The molecule has 2 aromatic rings. The monoisotopic (exact) mass is 374 g/mol. The first-order valence-corrected chi connectivity index (χ1v) is 6.93. The van der Waals surface area contributed by atoms with Gasteiger partial charge in [-0.15, -0.1) is 0 Å². The van der Waals surface area contributed by atoms with Crippen LogP contribution in [-0.2, 0) is 11.0 Å². The highest BCUT2D eigenvalue weighted by Gasteiger charge is 2.32. The molecule has 1 amide bonds. The van der Waals surface area contributed by atoms with E-state index in [2.05, 4.69) is 17.0 Å². The zero-order valence-corrected chi connectivity index (χ0v) is 13.2. The van der Waals surface area contributed by atoms with E-state index in [0.717, 1.165) is 10.8 Å². The molecule has 124 valence electrons. The lowest BCUT2D eigenvalue weighted by Crippen LogP contribution is -2.13. The summed E-state index contributed by atoms with van der Waals surface area (Å²) in [6.45, 7) is 3.28. The van der Waals surface area contributed by atoms with E-state index >= 15 is 0 Å². The maximum Gasteiger partial charge on any atom is 0.416 e. The highest BCUT2D eigenvalue weighted by molar-refractivity contribution is 6.38. The largest absolute Gasteiger partial charge is 0.416 e. The molecule has 0 unspecified atom stereocenters. The molecule has 1 N–H and O–H groups in total. The molecule has 0 aliphatic heterocycles. The molecular formula is C14H7Cl2F3N4O. The number of anilines is 1. The molecule has 10 heteroatoms. The second-order valence-corrected chi connectivity index (χ2v) is 5.23. The van der Waals surface area contributed by atoms with Gasteiger partial charge in [-0.25, -0.2) is 4.68 Å². The van der Waals surface area contributed by atoms with Crippen molar-refractivity contribution in [3.63, 3.8) is 0 Å². The van der Waals surface area contributed by atoms with Crippen LogP contribution in [0.5, 0.6) is 0 Å². The van der Waals surface area contributed by atoms with Crippen LogP contribution in [0.15, 0.2) is 30.9 Å². The molecule has 1 heterocycles. The standard InChI is InChI=1S/C14H7Cl2F3N4O/c1-2-12(24)21-11-5-8(6-20)22-23(11)13-9(15)3-7(4-10(13)16)14(17,18)19/h2-5H,1H2,(H,21,24). The first-order chi connectivity index (χ1) is 11.2. The van der Waals surface area contributed by atoms with Gasteiger partial charge in [-0.2, -0.15) is 23.5 Å². The van der Waals surface area contributed by atoms with Crippen molar-refractivity contribution in [2.24, 2.45) is 0 Å². The summed E-state index contributed by atoms with van der Waals surface area (Å²) < 4.78 is 39.3. The number of nitrogens with zero attached hydrogens (tertiary/aromatic N) is 3. The Morgan fingerprint density at radius 2 is 1.92 bits per heavy atom. The highest BCUT2D eigenvalue weighted by atomic mass is 35.5. The van der Waals surface area contributed by atoms with Crippen molar-refractivity contribution in [3.05, 3.63) is 52.2 Å². The fourth-order valence-electron chi connectivity index (χ4n) is 1.80. The van der Waals surface area contributed by atoms with Gasteiger partial charge in [0.15, 0.2) is 5.69 Å². The molecule has 1 aromatic heterocycles.